The van der Waals surface area contributed by atoms with Gasteiger partial charge < -0.3 is 10.1 Å². The molecule has 3 nitrogen and oxygen atoms in total. The molecule has 0 aromatic carbocycles. The van der Waals surface area contributed by atoms with E-state index in [2.05, 4.69) is 25.0 Å². The fourth-order valence-corrected chi connectivity index (χ4v) is 3.15. The molecule has 1 saturated carbocycles. The number of nitrogens with one attached hydrogen (secondary N) is 1. The van der Waals surface area contributed by atoms with Gasteiger partial charge in [0.1, 0.15) is 0 Å². The average molecular weight is 255 g/mol. The van der Waals surface area contributed by atoms with Gasteiger partial charge in [0.25, 0.3) is 5.91 Å². The van der Waals surface area contributed by atoms with Crippen molar-refractivity contribution in [2.24, 2.45) is 0 Å². The molecule has 1 fully saturated rings. The molecule has 0 spiro atoms. The summed E-state index contributed by atoms with van der Waals surface area (Å²) >= 11 is 0. The molecule has 0 saturated heterocycles. The number of ether oxygens (including phenoxy) is 1. The second-order valence-electron chi connectivity index (χ2n) is 5.89. The molecule has 0 aromatic rings. The Labute approximate surface area is 106 Å². The van der Waals surface area contributed by atoms with Crippen LogP contribution in [0.3, 0.4) is 0 Å². The lowest BCUT2D eigenvalue weighted by Crippen LogP contribution is -2.38. The molecular weight excluding hydrogens is 230 g/mol. The number of amides is 1. The van der Waals surface area contributed by atoms with Crippen LogP contribution in [-0.2, 0) is 9.53 Å². The molecule has 0 radical (unpaired) electrons. The van der Waals surface area contributed by atoms with E-state index >= 15 is 0 Å². The molecule has 1 amide bonds. The van der Waals surface area contributed by atoms with Crippen LogP contribution >= 0.6 is 0 Å². The smallest absolute Gasteiger partial charge is 0.285 e. The van der Waals surface area contributed by atoms with Crippen molar-refractivity contribution in [2.75, 3.05) is 7.11 Å². The molecule has 0 heterocycles. The van der Waals surface area contributed by atoms with Gasteiger partial charge in [0.05, 0.1) is 15.2 Å². The first kappa shape index (κ1) is 14.3. The quantitative estimate of drug-likeness (QED) is 0.476. The van der Waals surface area contributed by atoms with Crippen molar-refractivity contribution in [3.05, 3.63) is 11.5 Å². The number of hydrogen-bond donors (Lipinski definition) is 1. The van der Waals surface area contributed by atoms with E-state index in [1.807, 2.05) is 5.70 Å². The van der Waals surface area contributed by atoms with Crippen LogP contribution in [0.5, 0.6) is 0 Å². The van der Waals surface area contributed by atoms with E-state index in [0.29, 0.717) is 11.8 Å². The molecule has 4 heteroatoms. The van der Waals surface area contributed by atoms with Gasteiger partial charge in [0, 0.05) is 6.04 Å². The van der Waals surface area contributed by atoms with Crippen LogP contribution in [0.15, 0.2) is 11.5 Å². The third-order valence-electron chi connectivity index (χ3n) is 2.95. The van der Waals surface area contributed by atoms with Gasteiger partial charge in [0.2, 0.25) is 0 Å². The third kappa shape index (κ3) is 5.39. The summed E-state index contributed by atoms with van der Waals surface area (Å²) in [7, 11) is 0.158. The van der Waals surface area contributed by atoms with Gasteiger partial charge in [0.15, 0.2) is 5.76 Å². The minimum absolute atomic E-state index is 0.0400. The van der Waals surface area contributed by atoms with Crippen LogP contribution in [0.25, 0.3) is 0 Å². The summed E-state index contributed by atoms with van der Waals surface area (Å²) < 4.78 is 5.21. The van der Waals surface area contributed by atoms with E-state index in [1.165, 1.54) is 19.3 Å². The molecule has 1 N–H and O–H groups in total. The SMILES string of the molecule is CO/C(=C/[Si](C)(C)C)C(=O)NC1CCCCC1. The molecule has 98 valence electrons. The van der Waals surface area contributed by atoms with Crippen molar-refractivity contribution >= 4 is 14.0 Å². The Morgan fingerprint density at radius 3 is 2.29 bits per heavy atom. The van der Waals surface area contributed by atoms with E-state index in [1.54, 1.807) is 7.11 Å². The zero-order chi connectivity index (χ0) is 12.9. The Kier molecular flexibility index (Phi) is 5.24. The minimum Gasteiger partial charge on any atom is -0.492 e. The van der Waals surface area contributed by atoms with Crippen LogP contribution in [0.4, 0.5) is 0 Å². The standard InChI is InChI=1S/C13H25NO2Si/c1-16-12(10-17(2,3)4)13(15)14-11-8-6-5-7-9-11/h10-11H,5-9H2,1-4H3,(H,14,15)/b12-10+. The molecule has 0 aromatic heterocycles. The molecule has 0 atom stereocenters. The fraction of sp³-hybridized carbons (Fsp3) is 0.769. The minimum atomic E-state index is -1.42. The van der Waals surface area contributed by atoms with Crippen molar-refractivity contribution in [1.29, 1.82) is 0 Å². The number of carbonyl (C=O) groups is 1. The first-order valence-electron chi connectivity index (χ1n) is 6.50. The number of carbonyl (C=O) groups excluding carboxylic acids is 1. The van der Waals surface area contributed by atoms with Crippen molar-refractivity contribution in [3.8, 4) is 0 Å². The molecule has 1 aliphatic carbocycles. The molecular formula is C13H25NO2Si. The molecule has 0 bridgehead atoms. The molecule has 17 heavy (non-hydrogen) atoms. The normalized spacial score (nSPS) is 18.9. The Balaban J connectivity index is 2.57. The summed E-state index contributed by atoms with van der Waals surface area (Å²) in [6, 6.07) is 0.344. The van der Waals surface area contributed by atoms with E-state index in [0.717, 1.165) is 12.8 Å². The van der Waals surface area contributed by atoms with Gasteiger partial charge in [-0.2, -0.15) is 0 Å². The largest absolute Gasteiger partial charge is 0.492 e. The monoisotopic (exact) mass is 255 g/mol. The lowest BCUT2D eigenvalue weighted by molar-refractivity contribution is -0.121. The van der Waals surface area contributed by atoms with Crippen LogP contribution in [0.1, 0.15) is 32.1 Å². The predicted octanol–water partition coefficient (Wildman–Crippen LogP) is 2.84. The Hall–Kier alpha value is -0.773. The van der Waals surface area contributed by atoms with Gasteiger partial charge >= 0.3 is 0 Å². The van der Waals surface area contributed by atoms with Crippen molar-refractivity contribution in [3.63, 3.8) is 0 Å². The Morgan fingerprint density at radius 2 is 1.82 bits per heavy atom. The van der Waals surface area contributed by atoms with E-state index in [-0.39, 0.29) is 5.91 Å². The first-order valence-corrected chi connectivity index (χ1v) is 10.1. The zero-order valence-corrected chi connectivity index (χ0v) is 12.5. The highest BCUT2D eigenvalue weighted by Gasteiger charge is 2.20. The third-order valence-corrected chi connectivity index (χ3v) is 4.08. The highest BCUT2D eigenvalue weighted by Crippen LogP contribution is 2.18. The number of methoxy groups -OCH3 is 1. The fourth-order valence-electron chi connectivity index (χ4n) is 2.11. The second-order valence-corrected chi connectivity index (χ2v) is 10.9. The highest BCUT2D eigenvalue weighted by molar-refractivity contribution is 6.81. The van der Waals surface area contributed by atoms with E-state index < -0.39 is 8.07 Å². The van der Waals surface area contributed by atoms with Crippen LogP contribution < -0.4 is 5.32 Å². The van der Waals surface area contributed by atoms with Crippen molar-refractivity contribution in [1.82, 2.24) is 5.32 Å². The van der Waals surface area contributed by atoms with Crippen LogP contribution in [0, 0.1) is 0 Å². The maximum absolute atomic E-state index is 12.0. The first-order chi connectivity index (χ1) is 7.92. The van der Waals surface area contributed by atoms with E-state index in [4.69, 9.17) is 4.74 Å². The van der Waals surface area contributed by atoms with Gasteiger partial charge in [-0.05, 0) is 18.5 Å². The molecule has 0 unspecified atom stereocenters. The molecule has 1 rings (SSSR count). The summed E-state index contributed by atoms with van der Waals surface area (Å²) in [5.41, 5.74) is 2.02. The molecule has 0 aliphatic heterocycles. The summed E-state index contributed by atoms with van der Waals surface area (Å²) in [6.07, 6.45) is 5.97. The van der Waals surface area contributed by atoms with Crippen LogP contribution in [0.2, 0.25) is 19.6 Å². The summed E-state index contributed by atoms with van der Waals surface area (Å²) in [5, 5.41) is 3.08. The summed E-state index contributed by atoms with van der Waals surface area (Å²) in [6.45, 7) is 6.58. The average Bonchev–Trinajstić information content (AvgIpc) is 2.26. The second kappa shape index (κ2) is 6.24. The zero-order valence-electron chi connectivity index (χ0n) is 11.5. The maximum atomic E-state index is 12.0. The van der Waals surface area contributed by atoms with Crippen molar-refractivity contribution in [2.45, 2.75) is 57.8 Å². The van der Waals surface area contributed by atoms with Gasteiger partial charge in [-0.15, -0.1) is 0 Å². The Morgan fingerprint density at radius 1 is 1.24 bits per heavy atom. The van der Waals surface area contributed by atoms with E-state index in [9.17, 15) is 4.79 Å². The topological polar surface area (TPSA) is 38.3 Å². The number of rotatable bonds is 4. The van der Waals surface area contributed by atoms with Gasteiger partial charge in [-0.25, -0.2) is 0 Å². The lowest BCUT2D eigenvalue weighted by atomic mass is 9.95. The summed E-state index contributed by atoms with van der Waals surface area (Å²) in [5.74, 6) is 0.455. The maximum Gasteiger partial charge on any atom is 0.285 e. The lowest BCUT2D eigenvalue weighted by Gasteiger charge is -2.23. The predicted molar refractivity (Wildman–Crippen MR) is 73.5 cm³/mol. The molecule has 1 aliphatic rings. The number of hydrogen-bond acceptors (Lipinski definition) is 2. The van der Waals surface area contributed by atoms with Crippen molar-refractivity contribution < 1.29 is 9.53 Å². The highest BCUT2D eigenvalue weighted by atomic mass is 28.3. The van der Waals surface area contributed by atoms with Crippen LogP contribution in [-0.4, -0.2) is 27.1 Å². The summed E-state index contributed by atoms with van der Waals surface area (Å²) in [4.78, 5) is 12.0. The Bertz CT molecular complexity index is 288. The van der Waals surface area contributed by atoms with Gasteiger partial charge in [-0.3, -0.25) is 4.79 Å². The van der Waals surface area contributed by atoms with Gasteiger partial charge in [-0.1, -0.05) is 38.9 Å².